The van der Waals surface area contributed by atoms with Crippen LogP contribution in [0.5, 0.6) is 0 Å². The third-order valence-electron chi connectivity index (χ3n) is 3.01. The van der Waals surface area contributed by atoms with Gasteiger partial charge in [-0.1, -0.05) is 17.7 Å². The van der Waals surface area contributed by atoms with E-state index < -0.39 is 0 Å². The molecule has 1 aromatic rings. The number of nitrogens with one attached hydrogen (secondary N) is 1. The molecule has 1 unspecified atom stereocenters. The zero-order chi connectivity index (χ0) is 12.1. The van der Waals surface area contributed by atoms with Crippen LogP contribution in [0.25, 0.3) is 0 Å². The van der Waals surface area contributed by atoms with Gasteiger partial charge in [0.05, 0.1) is 0 Å². The first-order valence-electron chi connectivity index (χ1n) is 5.78. The Morgan fingerprint density at radius 1 is 1.25 bits per heavy atom. The monoisotopic (exact) mass is 215 g/mol. The zero-order valence-corrected chi connectivity index (χ0v) is 10.7. The van der Waals surface area contributed by atoms with Gasteiger partial charge in [-0.15, -0.1) is 12.3 Å². The second-order valence-electron chi connectivity index (χ2n) is 4.40. The van der Waals surface area contributed by atoms with Gasteiger partial charge in [0.15, 0.2) is 0 Å². The van der Waals surface area contributed by atoms with Crippen molar-refractivity contribution in [1.82, 2.24) is 5.32 Å². The molecule has 0 spiro atoms. The van der Waals surface area contributed by atoms with E-state index in [1.54, 1.807) is 0 Å². The number of hydrogen-bond donors (Lipinski definition) is 1. The molecule has 1 heteroatoms. The molecule has 0 saturated carbocycles. The fourth-order valence-corrected chi connectivity index (χ4v) is 2.40. The van der Waals surface area contributed by atoms with Crippen LogP contribution in [0.4, 0.5) is 0 Å². The van der Waals surface area contributed by atoms with Gasteiger partial charge in [0.25, 0.3) is 0 Å². The third kappa shape index (κ3) is 2.87. The number of benzene rings is 1. The molecule has 0 amide bonds. The number of hydrogen-bond acceptors (Lipinski definition) is 1. The van der Waals surface area contributed by atoms with Crippen molar-refractivity contribution in [2.24, 2.45) is 0 Å². The van der Waals surface area contributed by atoms with Crippen molar-refractivity contribution in [3.05, 3.63) is 34.4 Å². The molecule has 0 bridgehead atoms. The SMILES string of the molecule is C#CCCC(NC)c1c(C)cc(C)cc1C. The molecule has 0 heterocycles. The number of terminal acetylenes is 1. The highest BCUT2D eigenvalue weighted by atomic mass is 14.9. The van der Waals surface area contributed by atoms with E-state index in [0.29, 0.717) is 6.04 Å². The van der Waals surface area contributed by atoms with Crippen LogP contribution >= 0.6 is 0 Å². The molecule has 1 rings (SSSR count). The minimum absolute atomic E-state index is 0.372. The molecule has 0 aliphatic rings. The van der Waals surface area contributed by atoms with Crippen molar-refractivity contribution < 1.29 is 0 Å². The molecule has 1 atom stereocenters. The normalized spacial score (nSPS) is 12.2. The lowest BCUT2D eigenvalue weighted by Gasteiger charge is -2.21. The predicted octanol–water partition coefficient (Wildman–Crippen LogP) is 3.29. The lowest BCUT2D eigenvalue weighted by atomic mass is 9.92. The topological polar surface area (TPSA) is 12.0 Å². The number of rotatable bonds is 4. The van der Waals surface area contributed by atoms with Crippen LogP contribution in [0.2, 0.25) is 0 Å². The number of aryl methyl sites for hydroxylation is 3. The van der Waals surface area contributed by atoms with Crippen LogP contribution in [-0.2, 0) is 0 Å². The van der Waals surface area contributed by atoms with Gasteiger partial charge in [0.1, 0.15) is 0 Å². The van der Waals surface area contributed by atoms with Gasteiger partial charge < -0.3 is 5.32 Å². The van der Waals surface area contributed by atoms with E-state index in [2.05, 4.69) is 44.1 Å². The maximum Gasteiger partial charge on any atom is 0.0331 e. The molecule has 16 heavy (non-hydrogen) atoms. The minimum Gasteiger partial charge on any atom is -0.313 e. The van der Waals surface area contributed by atoms with Gasteiger partial charge in [0.2, 0.25) is 0 Å². The van der Waals surface area contributed by atoms with Crippen molar-refractivity contribution >= 4 is 0 Å². The Hall–Kier alpha value is -1.26. The van der Waals surface area contributed by atoms with E-state index in [0.717, 1.165) is 12.8 Å². The Bertz CT molecular complexity index is 375. The Balaban J connectivity index is 3.05. The molecule has 1 aromatic carbocycles. The lowest BCUT2D eigenvalue weighted by molar-refractivity contribution is 0.553. The fourth-order valence-electron chi connectivity index (χ4n) is 2.40. The molecule has 0 radical (unpaired) electrons. The highest BCUT2D eigenvalue weighted by Crippen LogP contribution is 2.26. The largest absolute Gasteiger partial charge is 0.313 e. The highest BCUT2D eigenvalue weighted by Gasteiger charge is 2.13. The van der Waals surface area contributed by atoms with E-state index in [1.165, 1.54) is 22.3 Å². The van der Waals surface area contributed by atoms with Crippen LogP contribution < -0.4 is 5.32 Å². The van der Waals surface area contributed by atoms with Gasteiger partial charge >= 0.3 is 0 Å². The van der Waals surface area contributed by atoms with E-state index >= 15 is 0 Å². The summed E-state index contributed by atoms with van der Waals surface area (Å²) in [6, 6.07) is 4.85. The Labute approximate surface area is 99.3 Å². The molecular weight excluding hydrogens is 194 g/mol. The molecule has 0 aromatic heterocycles. The van der Waals surface area contributed by atoms with E-state index in [-0.39, 0.29) is 0 Å². The van der Waals surface area contributed by atoms with Crippen LogP contribution in [0.1, 0.15) is 41.1 Å². The second kappa shape index (κ2) is 5.72. The van der Waals surface area contributed by atoms with E-state index in [9.17, 15) is 0 Å². The minimum atomic E-state index is 0.372. The predicted molar refractivity (Wildman–Crippen MR) is 70.5 cm³/mol. The molecule has 1 nitrogen and oxygen atoms in total. The Morgan fingerprint density at radius 2 is 1.81 bits per heavy atom. The van der Waals surface area contributed by atoms with Gasteiger partial charge in [-0.2, -0.15) is 0 Å². The van der Waals surface area contributed by atoms with Crippen molar-refractivity contribution in [3.8, 4) is 12.3 Å². The first-order valence-corrected chi connectivity index (χ1v) is 5.78. The highest BCUT2D eigenvalue weighted by molar-refractivity contribution is 5.39. The van der Waals surface area contributed by atoms with Crippen molar-refractivity contribution in [2.75, 3.05) is 7.05 Å². The summed E-state index contributed by atoms with van der Waals surface area (Å²) in [6.07, 6.45) is 7.15. The second-order valence-corrected chi connectivity index (χ2v) is 4.40. The zero-order valence-electron chi connectivity index (χ0n) is 10.7. The van der Waals surface area contributed by atoms with Gasteiger partial charge in [-0.05, 0) is 50.9 Å². The standard InChI is InChI=1S/C15H21N/c1-6-7-8-14(16-5)15-12(3)9-11(2)10-13(15)4/h1,9-10,14,16H,7-8H2,2-5H3. The van der Waals surface area contributed by atoms with E-state index in [4.69, 9.17) is 6.42 Å². The maximum absolute atomic E-state index is 5.33. The molecule has 1 N–H and O–H groups in total. The first-order chi connectivity index (χ1) is 7.60. The Morgan fingerprint density at radius 3 is 2.25 bits per heavy atom. The van der Waals surface area contributed by atoms with Crippen molar-refractivity contribution in [2.45, 2.75) is 39.7 Å². The maximum atomic E-state index is 5.33. The summed E-state index contributed by atoms with van der Waals surface area (Å²) in [4.78, 5) is 0. The summed E-state index contributed by atoms with van der Waals surface area (Å²) < 4.78 is 0. The van der Waals surface area contributed by atoms with Crippen molar-refractivity contribution in [1.29, 1.82) is 0 Å². The average Bonchev–Trinajstić information content (AvgIpc) is 2.21. The van der Waals surface area contributed by atoms with Crippen LogP contribution in [0.3, 0.4) is 0 Å². The van der Waals surface area contributed by atoms with Crippen LogP contribution in [-0.4, -0.2) is 7.05 Å². The van der Waals surface area contributed by atoms with E-state index in [1.807, 2.05) is 7.05 Å². The molecule has 0 fully saturated rings. The summed E-state index contributed by atoms with van der Waals surface area (Å²) >= 11 is 0. The first kappa shape index (κ1) is 12.8. The summed E-state index contributed by atoms with van der Waals surface area (Å²) in [5.74, 6) is 2.71. The fraction of sp³-hybridized carbons (Fsp3) is 0.467. The Kier molecular flexibility index (Phi) is 4.58. The molecule has 0 aliphatic carbocycles. The third-order valence-corrected chi connectivity index (χ3v) is 3.01. The lowest BCUT2D eigenvalue weighted by Crippen LogP contribution is -2.18. The molecule has 86 valence electrons. The average molecular weight is 215 g/mol. The van der Waals surface area contributed by atoms with Crippen molar-refractivity contribution in [3.63, 3.8) is 0 Å². The molecule has 0 aliphatic heterocycles. The van der Waals surface area contributed by atoms with Gasteiger partial charge in [-0.25, -0.2) is 0 Å². The molecule has 0 saturated heterocycles. The molecular formula is C15H21N. The summed E-state index contributed by atoms with van der Waals surface area (Å²) in [5, 5.41) is 3.36. The van der Waals surface area contributed by atoms with Gasteiger partial charge in [0, 0.05) is 12.5 Å². The van der Waals surface area contributed by atoms with Crippen LogP contribution in [0.15, 0.2) is 12.1 Å². The quantitative estimate of drug-likeness (QED) is 0.760. The summed E-state index contributed by atoms with van der Waals surface area (Å²) in [7, 11) is 2.00. The summed E-state index contributed by atoms with van der Waals surface area (Å²) in [5.41, 5.74) is 5.44. The summed E-state index contributed by atoms with van der Waals surface area (Å²) in [6.45, 7) is 6.49. The van der Waals surface area contributed by atoms with Gasteiger partial charge in [-0.3, -0.25) is 0 Å². The van der Waals surface area contributed by atoms with Crippen LogP contribution in [0, 0.1) is 33.1 Å². The smallest absolute Gasteiger partial charge is 0.0331 e.